The van der Waals surface area contributed by atoms with E-state index in [-0.39, 0.29) is 0 Å². The summed E-state index contributed by atoms with van der Waals surface area (Å²) in [5.74, 6) is 2.94. The van der Waals surface area contributed by atoms with E-state index in [0.717, 1.165) is 17.8 Å². The van der Waals surface area contributed by atoms with Crippen LogP contribution in [0, 0.1) is 17.8 Å². The van der Waals surface area contributed by atoms with Gasteiger partial charge in [-0.25, -0.2) is 0 Å². The van der Waals surface area contributed by atoms with E-state index in [2.05, 4.69) is 26.2 Å². The normalized spacial score (nSPS) is 31.6. The molecule has 0 aromatic rings. The molecule has 1 atom stereocenters. The molecule has 1 nitrogen and oxygen atoms in total. The fourth-order valence-corrected chi connectivity index (χ4v) is 2.46. The molecule has 0 aromatic carbocycles. The number of hydrogen-bond acceptors (Lipinski definition) is 1. The number of nitrogens with one attached hydrogen (secondary N) is 1. The molecule has 0 aliphatic heterocycles. The number of rotatable bonds is 4. The SMILES string of the molecule is CNCCC(C)C1CCC(C)CC1. The monoisotopic (exact) mass is 183 g/mol. The molecule has 1 fully saturated rings. The minimum Gasteiger partial charge on any atom is -0.320 e. The van der Waals surface area contributed by atoms with E-state index < -0.39 is 0 Å². The molecule has 13 heavy (non-hydrogen) atoms. The molecule has 1 heteroatoms. The van der Waals surface area contributed by atoms with Crippen molar-refractivity contribution in [2.45, 2.75) is 46.0 Å². The van der Waals surface area contributed by atoms with Gasteiger partial charge in [-0.05, 0) is 50.6 Å². The van der Waals surface area contributed by atoms with E-state index in [0.29, 0.717) is 0 Å². The molecule has 1 saturated carbocycles. The van der Waals surface area contributed by atoms with Gasteiger partial charge in [0.2, 0.25) is 0 Å². The summed E-state index contributed by atoms with van der Waals surface area (Å²) in [6.07, 6.45) is 7.25. The lowest BCUT2D eigenvalue weighted by atomic mass is 9.76. The first kappa shape index (κ1) is 11.0. The third kappa shape index (κ3) is 3.68. The molecule has 1 unspecified atom stereocenters. The van der Waals surface area contributed by atoms with E-state index in [9.17, 15) is 0 Å². The van der Waals surface area contributed by atoms with Crippen molar-refractivity contribution in [1.82, 2.24) is 5.32 Å². The van der Waals surface area contributed by atoms with Crippen molar-refractivity contribution in [1.29, 1.82) is 0 Å². The van der Waals surface area contributed by atoms with Gasteiger partial charge in [-0.15, -0.1) is 0 Å². The fourth-order valence-electron chi connectivity index (χ4n) is 2.46. The van der Waals surface area contributed by atoms with Crippen LogP contribution in [0.4, 0.5) is 0 Å². The van der Waals surface area contributed by atoms with E-state index in [1.807, 2.05) is 0 Å². The first-order valence-electron chi connectivity index (χ1n) is 5.88. The highest BCUT2D eigenvalue weighted by Crippen LogP contribution is 2.34. The van der Waals surface area contributed by atoms with Crippen molar-refractivity contribution >= 4 is 0 Å². The van der Waals surface area contributed by atoms with Crippen molar-refractivity contribution in [3.63, 3.8) is 0 Å². The molecule has 0 bridgehead atoms. The zero-order chi connectivity index (χ0) is 9.68. The van der Waals surface area contributed by atoms with Crippen molar-refractivity contribution in [3.8, 4) is 0 Å². The Morgan fingerprint density at radius 3 is 2.38 bits per heavy atom. The van der Waals surface area contributed by atoms with Crippen LogP contribution in [0.3, 0.4) is 0 Å². The van der Waals surface area contributed by atoms with Crippen molar-refractivity contribution < 1.29 is 0 Å². The Bertz CT molecular complexity index is 125. The van der Waals surface area contributed by atoms with E-state index in [4.69, 9.17) is 0 Å². The maximum absolute atomic E-state index is 3.25. The Morgan fingerprint density at radius 1 is 1.23 bits per heavy atom. The van der Waals surface area contributed by atoms with E-state index in [1.165, 1.54) is 38.6 Å². The molecule has 1 rings (SSSR count). The average Bonchev–Trinajstić information content (AvgIpc) is 2.15. The first-order valence-corrected chi connectivity index (χ1v) is 5.88. The Hall–Kier alpha value is -0.0400. The van der Waals surface area contributed by atoms with Gasteiger partial charge in [0.25, 0.3) is 0 Å². The van der Waals surface area contributed by atoms with Crippen LogP contribution < -0.4 is 5.32 Å². The van der Waals surface area contributed by atoms with E-state index in [1.54, 1.807) is 0 Å². The lowest BCUT2D eigenvalue weighted by molar-refractivity contribution is 0.215. The summed E-state index contributed by atoms with van der Waals surface area (Å²) in [7, 11) is 2.05. The fraction of sp³-hybridized carbons (Fsp3) is 1.00. The molecule has 0 saturated heterocycles. The Morgan fingerprint density at radius 2 is 1.85 bits per heavy atom. The van der Waals surface area contributed by atoms with E-state index >= 15 is 0 Å². The molecular weight excluding hydrogens is 158 g/mol. The smallest absolute Gasteiger partial charge is 0.00493 e. The van der Waals surface area contributed by atoms with Gasteiger partial charge in [0, 0.05) is 0 Å². The second kappa shape index (κ2) is 5.64. The predicted molar refractivity (Wildman–Crippen MR) is 58.8 cm³/mol. The second-order valence-electron chi connectivity index (χ2n) is 4.89. The molecule has 0 amide bonds. The van der Waals surface area contributed by atoms with Gasteiger partial charge in [-0.3, -0.25) is 0 Å². The van der Waals surface area contributed by atoms with Crippen LogP contribution in [-0.2, 0) is 0 Å². The maximum atomic E-state index is 3.25. The molecule has 0 heterocycles. The van der Waals surface area contributed by atoms with Crippen LogP contribution in [0.5, 0.6) is 0 Å². The lowest BCUT2D eigenvalue weighted by Crippen LogP contribution is -2.22. The predicted octanol–water partition coefficient (Wildman–Crippen LogP) is 3.06. The van der Waals surface area contributed by atoms with Gasteiger partial charge in [-0.1, -0.05) is 26.7 Å². The topological polar surface area (TPSA) is 12.0 Å². The third-order valence-electron chi connectivity index (χ3n) is 3.71. The summed E-state index contributed by atoms with van der Waals surface area (Å²) >= 11 is 0. The highest BCUT2D eigenvalue weighted by atomic mass is 14.8. The highest BCUT2D eigenvalue weighted by molar-refractivity contribution is 4.74. The quantitative estimate of drug-likeness (QED) is 0.706. The van der Waals surface area contributed by atoms with Gasteiger partial charge in [0.1, 0.15) is 0 Å². The Balaban J connectivity index is 2.19. The van der Waals surface area contributed by atoms with Crippen LogP contribution in [-0.4, -0.2) is 13.6 Å². The summed E-state index contributed by atoms with van der Waals surface area (Å²) in [5, 5.41) is 3.25. The highest BCUT2D eigenvalue weighted by Gasteiger charge is 2.22. The summed E-state index contributed by atoms with van der Waals surface area (Å²) in [6, 6.07) is 0. The summed E-state index contributed by atoms with van der Waals surface area (Å²) in [4.78, 5) is 0. The molecule has 1 N–H and O–H groups in total. The zero-order valence-corrected chi connectivity index (χ0v) is 9.47. The average molecular weight is 183 g/mol. The van der Waals surface area contributed by atoms with Crippen molar-refractivity contribution in [2.75, 3.05) is 13.6 Å². The summed E-state index contributed by atoms with van der Waals surface area (Å²) in [6.45, 7) is 6.01. The van der Waals surface area contributed by atoms with Gasteiger partial charge in [0.15, 0.2) is 0 Å². The van der Waals surface area contributed by atoms with Crippen LogP contribution in [0.2, 0.25) is 0 Å². The zero-order valence-electron chi connectivity index (χ0n) is 9.47. The largest absolute Gasteiger partial charge is 0.320 e. The Kier molecular flexibility index (Phi) is 4.79. The molecular formula is C12H25N. The maximum Gasteiger partial charge on any atom is -0.00493 e. The lowest BCUT2D eigenvalue weighted by Gasteiger charge is -2.30. The van der Waals surface area contributed by atoms with Crippen LogP contribution >= 0.6 is 0 Å². The standard InChI is InChI=1S/C12H25N/c1-10-4-6-12(7-5-10)11(2)8-9-13-3/h10-13H,4-9H2,1-3H3. The molecule has 0 radical (unpaired) electrons. The number of hydrogen-bond donors (Lipinski definition) is 1. The van der Waals surface area contributed by atoms with Gasteiger partial charge < -0.3 is 5.32 Å². The summed E-state index contributed by atoms with van der Waals surface area (Å²) < 4.78 is 0. The van der Waals surface area contributed by atoms with Crippen LogP contribution in [0.15, 0.2) is 0 Å². The van der Waals surface area contributed by atoms with Gasteiger partial charge in [0.05, 0.1) is 0 Å². The van der Waals surface area contributed by atoms with Crippen molar-refractivity contribution in [2.24, 2.45) is 17.8 Å². The molecule has 1 aliphatic carbocycles. The minimum atomic E-state index is 0.931. The molecule has 0 spiro atoms. The molecule has 0 aromatic heterocycles. The van der Waals surface area contributed by atoms with Crippen LogP contribution in [0.1, 0.15) is 46.0 Å². The second-order valence-corrected chi connectivity index (χ2v) is 4.89. The third-order valence-corrected chi connectivity index (χ3v) is 3.71. The van der Waals surface area contributed by atoms with Gasteiger partial charge >= 0.3 is 0 Å². The summed E-state index contributed by atoms with van der Waals surface area (Å²) in [5.41, 5.74) is 0. The minimum absolute atomic E-state index is 0.931. The molecule has 1 aliphatic rings. The first-order chi connectivity index (χ1) is 6.24. The molecule has 78 valence electrons. The van der Waals surface area contributed by atoms with Crippen molar-refractivity contribution in [3.05, 3.63) is 0 Å². The Labute approximate surface area is 83.3 Å². The van der Waals surface area contributed by atoms with Gasteiger partial charge in [-0.2, -0.15) is 0 Å². The van der Waals surface area contributed by atoms with Crippen LogP contribution in [0.25, 0.3) is 0 Å².